The van der Waals surface area contributed by atoms with Gasteiger partial charge < -0.3 is 14.3 Å². The van der Waals surface area contributed by atoms with Crippen molar-refractivity contribution < 1.29 is 9.59 Å². The fourth-order valence-electron chi connectivity index (χ4n) is 4.10. The van der Waals surface area contributed by atoms with Gasteiger partial charge in [-0.3, -0.25) is 14.6 Å². The zero-order chi connectivity index (χ0) is 23.4. The van der Waals surface area contributed by atoms with Gasteiger partial charge in [0.05, 0.1) is 6.54 Å². The standard InChI is InChI=1S/C25H26N6O2/c1-17(11-24-29-28-16-30(24)3)19-6-4-5-18(12-19)13-23(32)22-14-20(7-9-27-22)25(33)31-10-8-21(15-31)26-2/h4-7,9,12,14,16-17,21H,8,10-11,13,15H2,1,3H3/t17-,21+/m1/s1. The van der Waals surface area contributed by atoms with E-state index in [1.54, 1.807) is 23.4 Å². The van der Waals surface area contributed by atoms with Crippen LogP contribution in [-0.4, -0.2) is 55.5 Å². The monoisotopic (exact) mass is 442 g/mol. The summed E-state index contributed by atoms with van der Waals surface area (Å²) < 4.78 is 1.91. The van der Waals surface area contributed by atoms with Crippen LogP contribution >= 0.6 is 0 Å². The van der Waals surface area contributed by atoms with Gasteiger partial charge in [-0.25, -0.2) is 6.57 Å². The van der Waals surface area contributed by atoms with Gasteiger partial charge in [0, 0.05) is 44.6 Å². The van der Waals surface area contributed by atoms with Gasteiger partial charge in [-0.1, -0.05) is 31.2 Å². The van der Waals surface area contributed by atoms with E-state index in [4.69, 9.17) is 6.57 Å². The molecule has 1 aliphatic rings. The molecule has 4 rings (SSSR count). The van der Waals surface area contributed by atoms with E-state index >= 15 is 0 Å². The van der Waals surface area contributed by atoms with Gasteiger partial charge in [-0.2, -0.15) is 0 Å². The van der Waals surface area contributed by atoms with Crippen molar-refractivity contribution >= 4 is 11.7 Å². The Morgan fingerprint density at radius 3 is 2.85 bits per heavy atom. The third-order valence-electron chi connectivity index (χ3n) is 6.10. The van der Waals surface area contributed by atoms with Crippen LogP contribution in [-0.2, 0) is 19.9 Å². The lowest BCUT2D eigenvalue weighted by Gasteiger charge is -2.14. The summed E-state index contributed by atoms with van der Waals surface area (Å²) >= 11 is 0. The number of aryl methyl sites for hydroxylation is 1. The molecule has 168 valence electrons. The number of ketones is 1. The molecule has 2 atom stereocenters. The number of carbonyl (C=O) groups excluding carboxylic acids is 2. The molecule has 2 aromatic heterocycles. The summed E-state index contributed by atoms with van der Waals surface area (Å²) in [5.41, 5.74) is 2.74. The Morgan fingerprint density at radius 1 is 1.27 bits per heavy atom. The molecule has 0 bridgehead atoms. The molecule has 0 unspecified atom stereocenters. The average Bonchev–Trinajstić information content (AvgIpc) is 3.48. The molecular formula is C25H26N6O2. The number of hydrogen-bond donors (Lipinski definition) is 0. The van der Waals surface area contributed by atoms with Crippen LogP contribution in [0.2, 0.25) is 0 Å². The predicted molar refractivity (Wildman–Crippen MR) is 123 cm³/mol. The fraction of sp³-hybridized carbons (Fsp3) is 0.360. The molecule has 0 saturated carbocycles. The normalized spacial score (nSPS) is 16.4. The smallest absolute Gasteiger partial charge is 0.254 e. The highest BCUT2D eigenvalue weighted by molar-refractivity contribution is 6.00. The minimum atomic E-state index is -0.155. The molecular weight excluding hydrogens is 416 g/mol. The molecule has 0 radical (unpaired) electrons. The number of carbonyl (C=O) groups is 2. The Hall–Kier alpha value is -3.86. The minimum Gasteiger partial charge on any atom is -0.331 e. The maximum absolute atomic E-state index is 12.9. The molecule has 1 amide bonds. The molecule has 0 N–H and O–H groups in total. The first-order chi connectivity index (χ1) is 15.9. The molecule has 1 aromatic carbocycles. The van der Waals surface area contributed by atoms with Crippen LogP contribution in [0.1, 0.15) is 57.1 Å². The lowest BCUT2D eigenvalue weighted by molar-refractivity contribution is 0.0792. The van der Waals surface area contributed by atoms with Crippen LogP contribution in [0.25, 0.3) is 4.85 Å². The van der Waals surface area contributed by atoms with E-state index in [1.807, 2.05) is 29.8 Å². The van der Waals surface area contributed by atoms with E-state index in [-0.39, 0.29) is 35.8 Å². The summed E-state index contributed by atoms with van der Waals surface area (Å²) in [7, 11) is 1.93. The maximum Gasteiger partial charge on any atom is 0.254 e. The second-order valence-electron chi connectivity index (χ2n) is 8.56. The molecule has 3 heterocycles. The Morgan fingerprint density at radius 2 is 2.12 bits per heavy atom. The van der Waals surface area contributed by atoms with E-state index in [9.17, 15) is 9.59 Å². The highest BCUT2D eigenvalue weighted by Crippen LogP contribution is 2.21. The van der Waals surface area contributed by atoms with Gasteiger partial charge >= 0.3 is 0 Å². The summed E-state index contributed by atoms with van der Waals surface area (Å²) in [5.74, 6) is 0.845. The Kier molecular flexibility index (Phi) is 6.59. The number of rotatable bonds is 7. The number of likely N-dealkylation sites (tertiary alicyclic amines) is 1. The van der Waals surface area contributed by atoms with Crippen LogP contribution in [0.4, 0.5) is 0 Å². The van der Waals surface area contributed by atoms with Gasteiger partial charge in [-0.15, -0.1) is 10.2 Å². The van der Waals surface area contributed by atoms with E-state index in [2.05, 4.69) is 33.0 Å². The quantitative estimate of drug-likeness (QED) is 0.415. The van der Waals surface area contributed by atoms with Crippen molar-refractivity contribution in [3.05, 3.63) is 88.5 Å². The first-order valence-corrected chi connectivity index (χ1v) is 11.0. The Bertz CT molecular complexity index is 1210. The highest BCUT2D eigenvalue weighted by Gasteiger charge is 2.30. The van der Waals surface area contributed by atoms with Crippen molar-refractivity contribution in [1.29, 1.82) is 0 Å². The Labute approximate surface area is 193 Å². The molecule has 0 spiro atoms. The molecule has 33 heavy (non-hydrogen) atoms. The number of nitrogens with zero attached hydrogens (tertiary/aromatic N) is 6. The summed E-state index contributed by atoms with van der Waals surface area (Å²) in [6, 6.07) is 11.0. The van der Waals surface area contributed by atoms with Crippen LogP contribution in [0.3, 0.4) is 0 Å². The molecule has 1 fully saturated rings. The minimum absolute atomic E-state index is 0.136. The number of Topliss-reactive ketones (excluding diaryl/α,β-unsaturated/α-hetero) is 1. The second-order valence-corrected chi connectivity index (χ2v) is 8.56. The fourth-order valence-corrected chi connectivity index (χ4v) is 4.10. The average molecular weight is 443 g/mol. The van der Waals surface area contributed by atoms with Crippen molar-refractivity contribution in [2.75, 3.05) is 13.1 Å². The van der Waals surface area contributed by atoms with E-state index < -0.39 is 0 Å². The molecule has 8 nitrogen and oxygen atoms in total. The zero-order valence-electron chi connectivity index (χ0n) is 18.8. The number of pyridine rings is 1. The van der Waals surface area contributed by atoms with Crippen LogP contribution < -0.4 is 0 Å². The van der Waals surface area contributed by atoms with Crippen molar-refractivity contribution in [1.82, 2.24) is 24.6 Å². The molecule has 1 aliphatic heterocycles. The van der Waals surface area contributed by atoms with Gasteiger partial charge in [0.2, 0.25) is 6.04 Å². The predicted octanol–water partition coefficient (Wildman–Crippen LogP) is 3.12. The first kappa shape index (κ1) is 22.3. The van der Waals surface area contributed by atoms with Crippen LogP contribution in [0.15, 0.2) is 48.9 Å². The molecule has 3 aromatic rings. The summed E-state index contributed by atoms with van der Waals surface area (Å²) in [5, 5.41) is 8.09. The zero-order valence-corrected chi connectivity index (χ0v) is 18.8. The molecule has 1 saturated heterocycles. The third kappa shape index (κ3) is 5.14. The van der Waals surface area contributed by atoms with Gasteiger partial charge in [0.15, 0.2) is 5.78 Å². The topological polar surface area (TPSA) is 85.3 Å². The lowest BCUT2D eigenvalue weighted by atomic mass is 9.94. The second kappa shape index (κ2) is 9.74. The number of aromatic nitrogens is 4. The largest absolute Gasteiger partial charge is 0.331 e. The summed E-state index contributed by atoms with van der Waals surface area (Å²) in [6.45, 7) is 10.3. The van der Waals surface area contributed by atoms with Crippen molar-refractivity contribution in [2.24, 2.45) is 7.05 Å². The lowest BCUT2D eigenvalue weighted by Crippen LogP contribution is -2.29. The van der Waals surface area contributed by atoms with E-state index in [0.29, 0.717) is 25.1 Å². The summed E-state index contributed by atoms with van der Waals surface area (Å²) in [4.78, 5) is 35.1. The summed E-state index contributed by atoms with van der Waals surface area (Å²) in [6.07, 6.45) is 4.85. The first-order valence-electron chi connectivity index (χ1n) is 11.0. The van der Waals surface area contributed by atoms with Crippen molar-refractivity contribution in [3.8, 4) is 0 Å². The van der Waals surface area contributed by atoms with E-state index in [1.165, 1.54) is 6.20 Å². The van der Waals surface area contributed by atoms with Gasteiger partial charge in [-0.05, 0) is 29.2 Å². The number of hydrogen-bond acceptors (Lipinski definition) is 5. The van der Waals surface area contributed by atoms with Gasteiger partial charge in [0.25, 0.3) is 5.91 Å². The SMILES string of the molecule is [C-]#[N+][C@H]1CCN(C(=O)c2ccnc(C(=O)Cc3cccc([C@H](C)Cc4nncn4C)c3)c2)C1. The van der Waals surface area contributed by atoms with Crippen molar-refractivity contribution in [2.45, 2.75) is 38.1 Å². The van der Waals surface area contributed by atoms with E-state index in [0.717, 1.165) is 23.4 Å². The third-order valence-corrected chi connectivity index (χ3v) is 6.10. The maximum atomic E-state index is 12.9. The van der Waals surface area contributed by atoms with Crippen LogP contribution in [0, 0.1) is 6.57 Å². The number of benzene rings is 1. The number of amides is 1. The molecule has 0 aliphatic carbocycles. The van der Waals surface area contributed by atoms with Gasteiger partial charge in [0.1, 0.15) is 17.8 Å². The Balaban J connectivity index is 1.44. The van der Waals surface area contributed by atoms with Crippen LogP contribution in [0.5, 0.6) is 0 Å². The van der Waals surface area contributed by atoms with Crippen molar-refractivity contribution in [3.63, 3.8) is 0 Å². The molecule has 8 heteroatoms. The highest BCUT2D eigenvalue weighted by atomic mass is 16.2.